The summed E-state index contributed by atoms with van der Waals surface area (Å²) in [5.41, 5.74) is 9.36. The Bertz CT molecular complexity index is 449. The molecule has 1 aliphatic heterocycles. The Labute approximate surface area is 110 Å². The molecule has 2 rings (SSSR count). The van der Waals surface area contributed by atoms with E-state index in [1.807, 2.05) is 0 Å². The van der Waals surface area contributed by atoms with Gasteiger partial charge < -0.3 is 10.6 Å². The van der Waals surface area contributed by atoms with Gasteiger partial charge >= 0.3 is 0 Å². The molecule has 1 aromatic carbocycles. The van der Waals surface area contributed by atoms with Gasteiger partial charge in [0.05, 0.1) is 0 Å². The molecule has 2 nitrogen and oxygen atoms in total. The second-order valence-electron chi connectivity index (χ2n) is 3.90. The van der Waals surface area contributed by atoms with Crippen LogP contribution in [0.5, 0.6) is 0 Å². The summed E-state index contributed by atoms with van der Waals surface area (Å²) in [5, 5.41) is 0. The number of halogens is 1. The molecule has 84 valence electrons. The van der Waals surface area contributed by atoms with Crippen molar-refractivity contribution in [2.24, 2.45) is 5.73 Å². The summed E-state index contributed by atoms with van der Waals surface area (Å²) in [6.45, 7) is 3.64. The molecular formula is C13H15IN2. The number of hydrogen-bond donors (Lipinski definition) is 1. The Morgan fingerprint density at radius 3 is 2.94 bits per heavy atom. The first-order chi connectivity index (χ1) is 7.70. The fourth-order valence-corrected chi connectivity index (χ4v) is 2.17. The SMILES string of the molecule is Cc1ccc(N2C=C(CN)C=CC2)cc1I. The molecule has 0 radical (unpaired) electrons. The van der Waals surface area contributed by atoms with Crippen LogP contribution >= 0.6 is 22.6 Å². The van der Waals surface area contributed by atoms with Gasteiger partial charge in [0.2, 0.25) is 0 Å². The maximum Gasteiger partial charge on any atom is 0.0419 e. The van der Waals surface area contributed by atoms with E-state index < -0.39 is 0 Å². The normalized spacial score (nSPS) is 15.2. The number of nitrogens with two attached hydrogens (primary N) is 1. The topological polar surface area (TPSA) is 29.3 Å². The fraction of sp³-hybridized carbons (Fsp3) is 0.231. The lowest BCUT2D eigenvalue weighted by atomic mass is 10.1. The Kier molecular flexibility index (Phi) is 3.66. The lowest BCUT2D eigenvalue weighted by molar-refractivity contribution is 1.02. The molecule has 2 N–H and O–H groups in total. The Hall–Kier alpha value is -0.810. The number of rotatable bonds is 2. The zero-order valence-electron chi connectivity index (χ0n) is 9.28. The van der Waals surface area contributed by atoms with Crippen LogP contribution in [0.15, 0.2) is 42.1 Å². The highest BCUT2D eigenvalue weighted by molar-refractivity contribution is 14.1. The van der Waals surface area contributed by atoms with E-state index in [4.69, 9.17) is 5.73 Å². The molecule has 0 fully saturated rings. The van der Waals surface area contributed by atoms with E-state index in [2.05, 4.69) is 71.0 Å². The van der Waals surface area contributed by atoms with Crippen LogP contribution in [0.2, 0.25) is 0 Å². The van der Waals surface area contributed by atoms with E-state index in [0.29, 0.717) is 6.54 Å². The van der Waals surface area contributed by atoms with Gasteiger partial charge in [0, 0.05) is 28.5 Å². The molecule has 0 spiro atoms. The van der Waals surface area contributed by atoms with Gasteiger partial charge in [-0.3, -0.25) is 0 Å². The van der Waals surface area contributed by atoms with Gasteiger partial charge in [0.15, 0.2) is 0 Å². The predicted molar refractivity (Wildman–Crippen MR) is 77.5 cm³/mol. The third kappa shape index (κ3) is 2.47. The molecule has 1 heterocycles. The van der Waals surface area contributed by atoms with Crippen molar-refractivity contribution in [3.05, 3.63) is 51.3 Å². The molecule has 0 unspecified atom stereocenters. The van der Waals surface area contributed by atoms with E-state index in [1.54, 1.807) is 0 Å². The van der Waals surface area contributed by atoms with Gasteiger partial charge in [-0.25, -0.2) is 0 Å². The zero-order valence-corrected chi connectivity index (χ0v) is 11.4. The standard InChI is InChI=1S/C13H15IN2/c1-10-4-5-12(7-13(10)14)16-6-2-3-11(8-15)9-16/h2-5,7,9H,6,8,15H2,1H3. The minimum Gasteiger partial charge on any atom is -0.344 e. The van der Waals surface area contributed by atoms with Crippen molar-refractivity contribution in [1.29, 1.82) is 0 Å². The van der Waals surface area contributed by atoms with Crippen molar-refractivity contribution in [1.82, 2.24) is 0 Å². The lowest BCUT2D eigenvalue weighted by Gasteiger charge is -2.23. The molecule has 0 atom stereocenters. The Balaban J connectivity index is 2.28. The first-order valence-electron chi connectivity index (χ1n) is 5.31. The highest BCUT2D eigenvalue weighted by Crippen LogP contribution is 2.23. The molecule has 16 heavy (non-hydrogen) atoms. The van der Waals surface area contributed by atoms with Crippen molar-refractivity contribution >= 4 is 28.3 Å². The molecular weight excluding hydrogens is 311 g/mol. The molecule has 0 saturated carbocycles. The average molecular weight is 326 g/mol. The van der Waals surface area contributed by atoms with Crippen LogP contribution in [-0.4, -0.2) is 13.1 Å². The summed E-state index contributed by atoms with van der Waals surface area (Å²) < 4.78 is 1.30. The second kappa shape index (κ2) is 5.01. The monoisotopic (exact) mass is 326 g/mol. The fourth-order valence-electron chi connectivity index (χ4n) is 1.67. The van der Waals surface area contributed by atoms with Gasteiger partial charge in [0.1, 0.15) is 0 Å². The third-order valence-electron chi connectivity index (χ3n) is 2.68. The quantitative estimate of drug-likeness (QED) is 0.847. The summed E-state index contributed by atoms with van der Waals surface area (Å²) in [7, 11) is 0. The van der Waals surface area contributed by atoms with E-state index >= 15 is 0 Å². The van der Waals surface area contributed by atoms with Gasteiger partial charge in [0.25, 0.3) is 0 Å². The van der Waals surface area contributed by atoms with Gasteiger partial charge in [-0.15, -0.1) is 0 Å². The van der Waals surface area contributed by atoms with Crippen LogP contribution in [0, 0.1) is 10.5 Å². The van der Waals surface area contributed by atoms with Crippen molar-refractivity contribution < 1.29 is 0 Å². The molecule has 0 bridgehead atoms. The van der Waals surface area contributed by atoms with Crippen molar-refractivity contribution in [2.45, 2.75) is 6.92 Å². The maximum absolute atomic E-state index is 5.65. The predicted octanol–water partition coefficient (Wildman–Crippen LogP) is 2.82. The van der Waals surface area contributed by atoms with Crippen LogP contribution in [0.1, 0.15) is 5.56 Å². The smallest absolute Gasteiger partial charge is 0.0419 e. The number of nitrogens with zero attached hydrogens (tertiary/aromatic N) is 1. The molecule has 0 saturated heterocycles. The van der Waals surface area contributed by atoms with E-state index in [0.717, 1.165) is 6.54 Å². The summed E-state index contributed by atoms with van der Waals surface area (Å²) in [4.78, 5) is 2.23. The maximum atomic E-state index is 5.65. The summed E-state index contributed by atoms with van der Waals surface area (Å²) in [6.07, 6.45) is 6.37. The van der Waals surface area contributed by atoms with Crippen molar-refractivity contribution in [3.63, 3.8) is 0 Å². The van der Waals surface area contributed by atoms with Crippen LogP contribution in [-0.2, 0) is 0 Å². The number of anilines is 1. The first-order valence-corrected chi connectivity index (χ1v) is 6.38. The molecule has 0 amide bonds. The summed E-state index contributed by atoms with van der Waals surface area (Å²) >= 11 is 2.37. The molecule has 3 heteroatoms. The molecule has 1 aromatic rings. The minimum atomic E-state index is 0.593. The highest BCUT2D eigenvalue weighted by atomic mass is 127. The van der Waals surface area contributed by atoms with Crippen LogP contribution < -0.4 is 10.6 Å². The van der Waals surface area contributed by atoms with Crippen LogP contribution in [0.3, 0.4) is 0 Å². The molecule has 0 aromatic heterocycles. The van der Waals surface area contributed by atoms with Gasteiger partial charge in [-0.2, -0.15) is 0 Å². The van der Waals surface area contributed by atoms with E-state index in [-0.39, 0.29) is 0 Å². The summed E-state index contributed by atoms with van der Waals surface area (Å²) in [5.74, 6) is 0. The number of hydrogen-bond acceptors (Lipinski definition) is 2. The third-order valence-corrected chi connectivity index (χ3v) is 3.84. The molecule has 0 aliphatic carbocycles. The van der Waals surface area contributed by atoms with E-state index in [9.17, 15) is 0 Å². The van der Waals surface area contributed by atoms with Crippen LogP contribution in [0.4, 0.5) is 5.69 Å². The van der Waals surface area contributed by atoms with Crippen molar-refractivity contribution in [2.75, 3.05) is 18.0 Å². The lowest BCUT2D eigenvalue weighted by Crippen LogP contribution is -2.21. The summed E-state index contributed by atoms with van der Waals surface area (Å²) in [6, 6.07) is 6.52. The highest BCUT2D eigenvalue weighted by Gasteiger charge is 2.07. The Morgan fingerprint density at radius 2 is 2.25 bits per heavy atom. The number of benzene rings is 1. The first kappa shape index (κ1) is 11.7. The largest absolute Gasteiger partial charge is 0.344 e. The van der Waals surface area contributed by atoms with Gasteiger partial charge in [-0.05, 0) is 52.8 Å². The average Bonchev–Trinajstić information content (AvgIpc) is 2.33. The van der Waals surface area contributed by atoms with Crippen molar-refractivity contribution in [3.8, 4) is 0 Å². The van der Waals surface area contributed by atoms with Crippen LogP contribution in [0.25, 0.3) is 0 Å². The Morgan fingerprint density at radius 1 is 1.44 bits per heavy atom. The number of aryl methyl sites for hydroxylation is 1. The van der Waals surface area contributed by atoms with E-state index in [1.165, 1.54) is 20.4 Å². The molecule has 1 aliphatic rings. The minimum absolute atomic E-state index is 0.593. The second-order valence-corrected chi connectivity index (χ2v) is 5.06. The zero-order chi connectivity index (χ0) is 11.5. The van der Waals surface area contributed by atoms with Gasteiger partial charge in [-0.1, -0.05) is 18.2 Å².